The first-order valence-corrected chi connectivity index (χ1v) is 15.5. The molecule has 40 heavy (non-hydrogen) atoms. The van der Waals surface area contributed by atoms with Crippen molar-refractivity contribution < 1.29 is 14.3 Å². The number of fused-ring (bicyclic) bond motifs is 2. The van der Waals surface area contributed by atoms with Crippen molar-refractivity contribution in [2.45, 2.75) is 51.0 Å². The van der Waals surface area contributed by atoms with Crippen molar-refractivity contribution in [1.82, 2.24) is 9.47 Å². The van der Waals surface area contributed by atoms with Gasteiger partial charge in [-0.3, -0.25) is 9.69 Å². The molecule has 0 radical (unpaired) electrons. The van der Waals surface area contributed by atoms with Gasteiger partial charge in [-0.15, -0.1) is 11.3 Å². The molecule has 0 spiro atoms. The summed E-state index contributed by atoms with van der Waals surface area (Å²) in [6.45, 7) is 5.89. The number of nitrogens with zero attached hydrogens (tertiary/aromatic N) is 3. The van der Waals surface area contributed by atoms with Crippen molar-refractivity contribution in [2.24, 2.45) is 0 Å². The monoisotopic (exact) mass is 559 g/mol. The van der Waals surface area contributed by atoms with E-state index in [4.69, 9.17) is 9.47 Å². The Kier molecular flexibility index (Phi) is 8.35. The molecular weight excluding hydrogens is 522 g/mol. The molecule has 8 heteroatoms. The summed E-state index contributed by atoms with van der Waals surface area (Å²) in [6, 6.07) is 17.6. The average molecular weight is 560 g/mol. The molecule has 4 aromatic rings. The molecule has 0 N–H and O–H groups in total. The van der Waals surface area contributed by atoms with Crippen LogP contribution in [0.15, 0.2) is 64.8 Å². The number of unbranched alkanes of at least 4 members (excludes halogenated alkanes) is 1. The minimum Gasteiger partial charge on any atom is -0.494 e. The summed E-state index contributed by atoms with van der Waals surface area (Å²) in [4.78, 5) is 30.6. The third-order valence-corrected chi connectivity index (χ3v) is 9.08. The molecule has 1 aliphatic carbocycles. The minimum absolute atomic E-state index is 0.110. The topological polar surface area (TPSA) is 64.0 Å². The quantitative estimate of drug-likeness (QED) is 0.229. The van der Waals surface area contributed by atoms with Crippen LogP contribution in [0.1, 0.15) is 44.9 Å². The van der Waals surface area contributed by atoms with Gasteiger partial charge < -0.3 is 14.4 Å². The Hall–Kier alpha value is -3.36. The summed E-state index contributed by atoms with van der Waals surface area (Å²) in [7, 11) is 0. The number of anilines is 1. The fraction of sp³-hybridized carbons (Fsp3) is 0.438. The van der Waals surface area contributed by atoms with E-state index in [0.29, 0.717) is 17.9 Å². The normalized spacial score (nSPS) is 16.9. The van der Waals surface area contributed by atoms with E-state index in [1.54, 1.807) is 23.5 Å². The van der Waals surface area contributed by atoms with E-state index in [1.165, 1.54) is 28.3 Å². The molecular formula is C32H37N3O4S. The van der Waals surface area contributed by atoms with Gasteiger partial charge in [-0.05, 0) is 92.2 Å². The van der Waals surface area contributed by atoms with Crippen LogP contribution in [-0.4, -0.2) is 61.0 Å². The van der Waals surface area contributed by atoms with E-state index in [-0.39, 0.29) is 11.7 Å². The van der Waals surface area contributed by atoms with E-state index in [1.807, 2.05) is 12.1 Å². The average Bonchev–Trinajstić information content (AvgIpc) is 3.47. The fourth-order valence-corrected chi connectivity index (χ4v) is 6.77. The molecule has 3 heterocycles. The highest BCUT2D eigenvalue weighted by Crippen LogP contribution is 2.31. The highest BCUT2D eigenvalue weighted by molar-refractivity contribution is 7.17. The van der Waals surface area contributed by atoms with Gasteiger partial charge in [0.05, 0.1) is 12.1 Å². The Bertz CT molecular complexity index is 1520. The molecule has 1 aliphatic heterocycles. The van der Waals surface area contributed by atoms with Gasteiger partial charge in [-0.1, -0.05) is 12.5 Å². The largest absolute Gasteiger partial charge is 0.494 e. The number of carbonyl (C=O) groups is 1. The van der Waals surface area contributed by atoms with E-state index >= 15 is 0 Å². The van der Waals surface area contributed by atoms with Gasteiger partial charge in [0.2, 0.25) is 0 Å². The first-order valence-electron chi connectivity index (χ1n) is 14.6. The number of benzene rings is 2. The third-order valence-electron chi connectivity index (χ3n) is 8.19. The fourth-order valence-electron chi connectivity index (χ4n) is 5.96. The number of thiophene rings is 1. The van der Waals surface area contributed by atoms with Crippen molar-refractivity contribution in [1.29, 1.82) is 0 Å². The first-order chi connectivity index (χ1) is 19.7. The van der Waals surface area contributed by atoms with Crippen LogP contribution in [-0.2, 0) is 4.74 Å². The van der Waals surface area contributed by atoms with Gasteiger partial charge >= 0.3 is 6.09 Å². The van der Waals surface area contributed by atoms with E-state index < -0.39 is 6.09 Å². The van der Waals surface area contributed by atoms with Gasteiger partial charge in [-0.2, -0.15) is 0 Å². The standard InChI is InChI=1S/C32H37N3O4S/c36-31-14-12-24-11-13-26(23-29(24)35(31)32(37)39-25-7-2-1-3-8-25)38-21-5-4-16-33-17-19-34(20-18-33)28-9-6-10-30-27(28)15-22-40-30/h6,9-15,22-23,25H,1-5,7-8,16-21H2. The summed E-state index contributed by atoms with van der Waals surface area (Å²) in [5, 5.41) is 4.35. The number of ether oxygens (including phenoxy) is 2. The van der Waals surface area contributed by atoms with Crippen molar-refractivity contribution >= 4 is 44.1 Å². The summed E-state index contributed by atoms with van der Waals surface area (Å²) in [6.07, 6.45) is 6.32. The Morgan fingerprint density at radius 3 is 2.60 bits per heavy atom. The second kappa shape index (κ2) is 12.4. The van der Waals surface area contributed by atoms with Gasteiger partial charge in [0.25, 0.3) is 5.56 Å². The van der Waals surface area contributed by atoms with E-state index in [9.17, 15) is 9.59 Å². The molecule has 6 rings (SSSR count). The molecule has 1 saturated heterocycles. The predicted octanol–water partition coefficient (Wildman–Crippen LogP) is 6.51. The van der Waals surface area contributed by atoms with Crippen LogP contribution in [0.5, 0.6) is 5.75 Å². The lowest BCUT2D eigenvalue weighted by Crippen LogP contribution is -2.46. The molecule has 2 aliphatic rings. The smallest absolute Gasteiger partial charge is 0.421 e. The molecule has 0 unspecified atom stereocenters. The van der Waals surface area contributed by atoms with Crippen LogP contribution >= 0.6 is 11.3 Å². The lowest BCUT2D eigenvalue weighted by atomic mass is 9.98. The highest BCUT2D eigenvalue weighted by Gasteiger charge is 2.21. The maximum Gasteiger partial charge on any atom is 0.421 e. The van der Waals surface area contributed by atoms with Crippen LogP contribution in [0.4, 0.5) is 10.5 Å². The summed E-state index contributed by atoms with van der Waals surface area (Å²) in [5.74, 6) is 0.661. The van der Waals surface area contributed by atoms with Crippen LogP contribution in [0.3, 0.4) is 0 Å². The van der Waals surface area contributed by atoms with Gasteiger partial charge in [0.15, 0.2) is 0 Å². The number of hydrogen-bond acceptors (Lipinski definition) is 7. The van der Waals surface area contributed by atoms with Gasteiger partial charge in [0, 0.05) is 54.1 Å². The Labute approximate surface area is 238 Å². The Balaban J connectivity index is 0.988. The van der Waals surface area contributed by atoms with Gasteiger partial charge in [-0.25, -0.2) is 9.36 Å². The maximum absolute atomic E-state index is 12.9. The van der Waals surface area contributed by atoms with Crippen molar-refractivity contribution in [3.05, 3.63) is 70.3 Å². The zero-order valence-corrected chi connectivity index (χ0v) is 23.7. The van der Waals surface area contributed by atoms with Crippen molar-refractivity contribution in [3.8, 4) is 5.75 Å². The summed E-state index contributed by atoms with van der Waals surface area (Å²) >= 11 is 1.80. The maximum atomic E-state index is 12.9. The zero-order valence-electron chi connectivity index (χ0n) is 22.9. The lowest BCUT2D eigenvalue weighted by Gasteiger charge is -2.36. The summed E-state index contributed by atoms with van der Waals surface area (Å²) in [5.41, 5.74) is 1.51. The lowest BCUT2D eigenvalue weighted by molar-refractivity contribution is 0.0766. The molecule has 0 atom stereocenters. The number of carbonyl (C=O) groups excluding carboxylic acids is 1. The Morgan fingerprint density at radius 1 is 0.925 bits per heavy atom. The van der Waals surface area contributed by atoms with Crippen LogP contribution in [0, 0.1) is 0 Å². The van der Waals surface area contributed by atoms with Crippen LogP contribution in [0.2, 0.25) is 0 Å². The highest BCUT2D eigenvalue weighted by atomic mass is 32.1. The first kappa shape index (κ1) is 26.8. The second-order valence-electron chi connectivity index (χ2n) is 10.9. The molecule has 7 nitrogen and oxygen atoms in total. The molecule has 2 aromatic carbocycles. The minimum atomic E-state index is -0.591. The second-order valence-corrected chi connectivity index (χ2v) is 11.8. The number of aromatic nitrogens is 1. The van der Waals surface area contributed by atoms with Crippen LogP contribution < -0.4 is 15.2 Å². The number of pyridine rings is 1. The Morgan fingerprint density at radius 2 is 1.75 bits per heavy atom. The van der Waals surface area contributed by atoms with Crippen LogP contribution in [0.25, 0.3) is 21.0 Å². The summed E-state index contributed by atoms with van der Waals surface area (Å²) < 4.78 is 14.2. The van der Waals surface area contributed by atoms with Crippen molar-refractivity contribution in [3.63, 3.8) is 0 Å². The van der Waals surface area contributed by atoms with Crippen molar-refractivity contribution in [2.75, 3.05) is 44.2 Å². The molecule has 0 bridgehead atoms. The number of rotatable bonds is 8. The molecule has 1 saturated carbocycles. The molecule has 0 amide bonds. The predicted molar refractivity (Wildman–Crippen MR) is 162 cm³/mol. The molecule has 210 valence electrons. The van der Waals surface area contributed by atoms with E-state index in [2.05, 4.69) is 39.4 Å². The zero-order chi connectivity index (χ0) is 27.3. The number of piperazine rings is 1. The van der Waals surface area contributed by atoms with Gasteiger partial charge in [0.1, 0.15) is 11.9 Å². The molecule has 2 aromatic heterocycles. The van der Waals surface area contributed by atoms with E-state index in [0.717, 1.165) is 81.2 Å². The third kappa shape index (κ3) is 6.03. The molecule has 2 fully saturated rings. The SMILES string of the molecule is O=C(OC1CCCCC1)n1c(=O)ccc2ccc(OCCCCN3CCN(c4cccc5sccc45)CC3)cc21. The number of hydrogen-bond donors (Lipinski definition) is 0.